The lowest BCUT2D eigenvalue weighted by atomic mass is 9.99. The first-order valence-corrected chi connectivity index (χ1v) is 7.33. The minimum Gasteiger partial charge on any atom is -0.385 e. The van der Waals surface area contributed by atoms with E-state index in [-0.39, 0.29) is 0 Å². The quantitative estimate of drug-likeness (QED) is 0.699. The van der Waals surface area contributed by atoms with E-state index in [1.807, 2.05) is 0 Å². The van der Waals surface area contributed by atoms with Crippen molar-refractivity contribution in [2.45, 2.75) is 39.5 Å². The zero-order valence-corrected chi connectivity index (χ0v) is 12.5. The highest BCUT2D eigenvalue weighted by atomic mass is 127. The fourth-order valence-corrected chi connectivity index (χ4v) is 2.13. The fraction of sp³-hybridized carbons (Fsp3) is 0.571. The molecule has 1 rings (SSSR count). The molecule has 0 saturated carbocycles. The SMILES string of the molecule is CCCCC(CC)CNc1ccc(I)cc1. The standard InChI is InChI=1S/C14H22IN/c1-3-5-6-12(4-2)11-16-14-9-7-13(15)8-10-14/h7-10,12,16H,3-6,11H2,1-2H3. The number of hydrogen-bond acceptors (Lipinski definition) is 1. The van der Waals surface area contributed by atoms with Crippen LogP contribution in [0.3, 0.4) is 0 Å². The first-order chi connectivity index (χ1) is 7.76. The van der Waals surface area contributed by atoms with Crippen LogP contribution < -0.4 is 5.32 Å². The van der Waals surface area contributed by atoms with Gasteiger partial charge in [0.05, 0.1) is 0 Å². The average molecular weight is 331 g/mol. The maximum absolute atomic E-state index is 3.53. The van der Waals surface area contributed by atoms with Crippen molar-refractivity contribution >= 4 is 28.3 Å². The number of hydrogen-bond donors (Lipinski definition) is 1. The Morgan fingerprint density at radius 2 is 1.88 bits per heavy atom. The van der Waals surface area contributed by atoms with Crippen molar-refractivity contribution in [2.75, 3.05) is 11.9 Å². The molecule has 1 atom stereocenters. The van der Waals surface area contributed by atoms with Crippen molar-refractivity contribution in [2.24, 2.45) is 5.92 Å². The fourth-order valence-electron chi connectivity index (χ4n) is 1.77. The Balaban J connectivity index is 2.34. The number of benzene rings is 1. The van der Waals surface area contributed by atoms with Gasteiger partial charge in [-0.3, -0.25) is 0 Å². The van der Waals surface area contributed by atoms with Gasteiger partial charge >= 0.3 is 0 Å². The number of anilines is 1. The molecule has 90 valence electrons. The zero-order chi connectivity index (χ0) is 11.8. The summed E-state index contributed by atoms with van der Waals surface area (Å²) in [6.07, 6.45) is 5.29. The number of halogens is 1. The normalized spacial score (nSPS) is 12.4. The summed E-state index contributed by atoms with van der Waals surface area (Å²) in [4.78, 5) is 0. The minimum atomic E-state index is 0.819. The minimum absolute atomic E-state index is 0.819. The van der Waals surface area contributed by atoms with Crippen LogP contribution in [0.5, 0.6) is 0 Å². The summed E-state index contributed by atoms with van der Waals surface area (Å²) < 4.78 is 1.29. The van der Waals surface area contributed by atoms with Crippen molar-refractivity contribution < 1.29 is 0 Å². The first kappa shape index (κ1) is 13.8. The highest BCUT2D eigenvalue weighted by Crippen LogP contribution is 2.15. The van der Waals surface area contributed by atoms with Crippen molar-refractivity contribution in [1.29, 1.82) is 0 Å². The molecule has 0 bridgehead atoms. The maximum Gasteiger partial charge on any atom is 0.0340 e. The van der Waals surface area contributed by atoms with E-state index in [1.54, 1.807) is 0 Å². The lowest BCUT2D eigenvalue weighted by Crippen LogP contribution is -2.13. The van der Waals surface area contributed by atoms with E-state index < -0.39 is 0 Å². The third-order valence-corrected chi connectivity index (χ3v) is 3.70. The molecule has 0 aromatic heterocycles. The van der Waals surface area contributed by atoms with E-state index in [2.05, 4.69) is 66.0 Å². The van der Waals surface area contributed by atoms with Gasteiger partial charge < -0.3 is 5.32 Å². The average Bonchev–Trinajstić information content (AvgIpc) is 2.32. The van der Waals surface area contributed by atoms with Crippen LogP contribution in [0.2, 0.25) is 0 Å². The molecule has 0 aliphatic heterocycles. The van der Waals surface area contributed by atoms with Crippen LogP contribution in [0.1, 0.15) is 39.5 Å². The van der Waals surface area contributed by atoms with Gasteiger partial charge in [-0.25, -0.2) is 0 Å². The molecule has 1 unspecified atom stereocenters. The Morgan fingerprint density at radius 3 is 2.44 bits per heavy atom. The van der Waals surface area contributed by atoms with Gasteiger partial charge in [0.25, 0.3) is 0 Å². The van der Waals surface area contributed by atoms with Gasteiger partial charge in [0.1, 0.15) is 0 Å². The van der Waals surface area contributed by atoms with Gasteiger partial charge in [-0.2, -0.15) is 0 Å². The summed E-state index contributed by atoms with van der Waals surface area (Å²) >= 11 is 2.34. The monoisotopic (exact) mass is 331 g/mol. The Hall–Kier alpha value is -0.250. The molecule has 0 radical (unpaired) electrons. The van der Waals surface area contributed by atoms with Gasteiger partial charge in [0.2, 0.25) is 0 Å². The Bertz CT molecular complexity index is 281. The smallest absolute Gasteiger partial charge is 0.0340 e. The van der Waals surface area contributed by atoms with Crippen LogP contribution in [0.25, 0.3) is 0 Å². The lowest BCUT2D eigenvalue weighted by molar-refractivity contribution is 0.473. The molecule has 2 heteroatoms. The van der Waals surface area contributed by atoms with E-state index in [0.717, 1.165) is 12.5 Å². The second kappa shape index (κ2) is 7.93. The van der Waals surface area contributed by atoms with Crippen LogP contribution in [-0.4, -0.2) is 6.54 Å². The van der Waals surface area contributed by atoms with E-state index in [9.17, 15) is 0 Å². The molecule has 1 aromatic rings. The van der Waals surface area contributed by atoms with Crippen molar-refractivity contribution in [3.8, 4) is 0 Å². The molecule has 0 aliphatic carbocycles. The highest BCUT2D eigenvalue weighted by Gasteiger charge is 2.05. The molecule has 0 spiro atoms. The van der Waals surface area contributed by atoms with Gasteiger partial charge in [-0.15, -0.1) is 0 Å². The highest BCUT2D eigenvalue weighted by molar-refractivity contribution is 14.1. The van der Waals surface area contributed by atoms with Crippen molar-refractivity contribution in [3.63, 3.8) is 0 Å². The molecule has 16 heavy (non-hydrogen) atoms. The summed E-state index contributed by atoms with van der Waals surface area (Å²) in [6.45, 7) is 5.66. The van der Waals surface area contributed by atoms with Crippen LogP contribution in [0.15, 0.2) is 24.3 Å². The zero-order valence-electron chi connectivity index (χ0n) is 10.3. The summed E-state index contributed by atoms with van der Waals surface area (Å²) in [5.74, 6) is 0.819. The van der Waals surface area contributed by atoms with E-state index in [4.69, 9.17) is 0 Å². The number of unbranched alkanes of at least 4 members (excludes halogenated alkanes) is 1. The third-order valence-electron chi connectivity index (χ3n) is 2.98. The molecule has 1 aromatic carbocycles. The molecule has 0 amide bonds. The van der Waals surface area contributed by atoms with Gasteiger partial charge in [0, 0.05) is 15.8 Å². The Kier molecular flexibility index (Phi) is 6.85. The topological polar surface area (TPSA) is 12.0 Å². The van der Waals surface area contributed by atoms with E-state index in [0.29, 0.717) is 0 Å². The van der Waals surface area contributed by atoms with Gasteiger partial charge in [-0.05, 0) is 59.2 Å². The molecular formula is C14H22IN. The van der Waals surface area contributed by atoms with E-state index >= 15 is 0 Å². The predicted octanol–water partition coefficient (Wildman–Crippen LogP) is 4.92. The molecule has 1 N–H and O–H groups in total. The summed E-state index contributed by atoms with van der Waals surface area (Å²) in [7, 11) is 0. The van der Waals surface area contributed by atoms with Gasteiger partial charge in [0.15, 0.2) is 0 Å². The van der Waals surface area contributed by atoms with Crippen molar-refractivity contribution in [1.82, 2.24) is 0 Å². The third kappa shape index (κ3) is 5.19. The second-order valence-electron chi connectivity index (χ2n) is 4.30. The summed E-state index contributed by atoms with van der Waals surface area (Å²) in [5.41, 5.74) is 1.25. The lowest BCUT2D eigenvalue weighted by Gasteiger charge is -2.16. The van der Waals surface area contributed by atoms with Crippen LogP contribution in [0.4, 0.5) is 5.69 Å². The Morgan fingerprint density at radius 1 is 1.19 bits per heavy atom. The number of rotatable bonds is 7. The second-order valence-corrected chi connectivity index (χ2v) is 5.55. The molecule has 0 heterocycles. The molecule has 0 saturated heterocycles. The maximum atomic E-state index is 3.53. The summed E-state index contributed by atoms with van der Waals surface area (Å²) in [5, 5.41) is 3.53. The predicted molar refractivity (Wildman–Crippen MR) is 81.0 cm³/mol. The Labute approximate surface area is 113 Å². The largest absolute Gasteiger partial charge is 0.385 e. The molecule has 0 aliphatic rings. The van der Waals surface area contributed by atoms with Crippen LogP contribution in [0, 0.1) is 9.49 Å². The van der Waals surface area contributed by atoms with Gasteiger partial charge in [-0.1, -0.05) is 33.1 Å². The van der Waals surface area contributed by atoms with Crippen LogP contribution in [-0.2, 0) is 0 Å². The van der Waals surface area contributed by atoms with Crippen LogP contribution >= 0.6 is 22.6 Å². The number of nitrogens with one attached hydrogen (secondary N) is 1. The van der Waals surface area contributed by atoms with E-state index in [1.165, 1.54) is 34.9 Å². The molecular weight excluding hydrogens is 309 g/mol. The molecule has 0 fully saturated rings. The first-order valence-electron chi connectivity index (χ1n) is 6.25. The summed E-state index contributed by atoms with van der Waals surface area (Å²) in [6, 6.07) is 8.62. The van der Waals surface area contributed by atoms with Crippen molar-refractivity contribution in [3.05, 3.63) is 27.8 Å². The molecule has 1 nitrogen and oxygen atoms in total.